The van der Waals surface area contributed by atoms with Gasteiger partial charge in [0.05, 0.1) is 4.92 Å². The molecule has 0 saturated carbocycles. The van der Waals surface area contributed by atoms with Crippen LogP contribution in [0.25, 0.3) is 0 Å². The lowest BCUT2D eigenvalue weighted by molar-refractivity contribution is -0.386. The number of piperidine rings is 1. The van der Waals surface area contributed by atoms with Crippen LogP contribution in [0, 0.1) is 21.8 Å². The fourth-order valence-corrected chi connectivity index (χ4v) is 2.70. The monoisotopic (exact) mass is 267 g/mol. The minimum atomic E-state index is -0.775. The van der Waals surface area contributed by atoms with Gasteiger partial charge < -0.3 is 10.6 Å². The molecule has 0 radical (unpaired) electrons. The van der Waals surface area contributed by atoms with Crippen molar-refractivity contribution < 1.29 is 9.31 Å². The molecule has 0 aliphatic carbocycles. The van der Waals surface area contributed by atoms with Crippen LogP contribution in [-0.4, -0.2) is 24.6 Å². The van der Waals surface area contributed by atoms with Gasteiger partial charge >= 0.3 is 5.69 Å². The van der Waals surface area contributed by atoms with Crippen LogP contribution in [0.4, 0.5) is 15.8 Å². The summed E-state index contributed by atoms with van der Waals surface area (Å²) in [6.07, 6.45) is 2.94. The van der Waals surface area contributed by atoms with E-state index in [1.807, 2.05) is 4.90 Å². The van der Waals surface area contributed by atoms with E-state index in [1.165, 1.54) is 6.07 Å². The Balaban J connectivity index is 2.26. The van der Waals surface area contributed by atoms with Gasteiger partial charge in [-0.3, -0.25) is 10.1 Å². The molecule has 104 valence electrons. The van der Waals surface area contributed by atoms with E-state index in [9.17, 15) is 14.5 Å². The SMILES string of the molecule is NCCC1CCCN(c2cccc(F)c2[N+](=O)[O-])C1. The largest absolute Gasteiger partial charge is 0.366 e. The molecule has 0 aromatic heterocycles. The Morgan fingerprint density at radius 3 is 3.00 bits per heavy atom. The van der Waals surface area contributed by atoms with Crippen LogP contribution >= 0.6 is 0 Å². The van der Waals surface area contributed by atoms with Gasteiger partial charge in [-0.15, -0.1) is 0 Å². The van der Waals surface area contributed by atoms with Crippen molar-refractivity contribution in [3.8, 4) is 0 Å². The zero-order valence-electron chi connectivity index (χ0n) is 10.7. The van der Waals surface area contributed by atoms with Crippen molar-refractivity contribution in [2.75, 3.05) is 24.5 Å². The molecule has 1 fully saturated rings. The number of hydrogen-bond donors (Lipinski definition) is 1. The average Bonchev–Trinajstić information content (AvgIpc) is 2.38. The first-order valence-corrected chi connectivity index (χ1v) is 6.51. The van der Waals surface area contributed by atoms with Crippen molar-refractivity contribution >= 4 is 11.4 Å². The molecule has 1 aromatic rings. The Hall–Kier alpha value is -1.69. The zero-order valence-corrected chi connectivity index (χ0v) is 10.7. The summed E-state index contributed by atoms with van der Waals surface area (Å²) in [4.78, 5) is 12.3. The summed E-state index contributed by atoms with van der Waals surface area (Å²) in [6.45, 7) is 2.05. The van der Waals surface area contributed by atoms with Gasteiger partial charge in [-0.1, -0.05) is 6.07 Å². The normalized spacial score (nSPS) is 19.5. The number of para-hydroxylation sites is 1. The third-order valence-corrected chi connectivity index (χ3v) is 3.58. The van der Waals surface area contributed by atoms with Crippen LogP contribution in [0.3, 0.4) is 0 Å². The zero-order chi connectivity index (χ0) is 13.8. The van der Waals surface area contributed by atoms with E-state index in [1.54, 1.807) is 6.07 Å². The summed E-state index contributed by atoms with van der Waals surface area (Å²) in [5.74, 6) is -0.343. The smallest absolute Gasteiger partial charge is 0.327 e. The maximum atomic E-state index is 13.6. The fourth-order valence-electron chi connectivity index (χ4n) is 2.70. The van der Waals surface area contributed by atoms with Crippen LogP contribution < -0.4 is 10.6 Å². The van der Waals surface area contributed by atoms with Gasteiger partial charge in [-0.25, -0.2) is 0 Å². The van der Waals surface area contributed by atoms with Crippen molar-refractivity contribution in [3.05, 3.63) is 34.1 Å². The molecule has 19 heavy (non-hydrogen) atoms. The van der Waals surface area contributed by atoms with E-state index in [-0.39, 0.29) is 0 Å². The molecule has 2 N–H and O–H groups in total. The van der Waals surface area contributed by atoms with Crippen LogP contribution in [0.1, 0.15) is 19.3 Å². The summed E-state index contributed by atoms with van der Waals surface area (Å²) in [5.41, 5.74) is 5.52. The van der Waals surface area contributed by atoms with Crippen molar-refractivity contribution in [2.45, 2.75) is 19.3 Å². The molecule has 1 saturated heterocycles. The summed E-state index contributed by atoms with van der Waals surface area (Å²) < 4.78 is 13.6. The molecule has 2 rings (SSSR count). The van der Waals surface area contributed by atoms with Gasteiger partial charge in [0, 0.05) is 13.1 Å². The van der Waals surface area contributed by atoms with Crippen molar-refractivity contribution in [1.29, 1.82) is 0 Å². The van der Waals surface area contributed by atoms with E-state index >= 15 is 0 Å². The first-order valence-electron chi connectivity index (χ1n) is 6.51. The maximum Gasteiger partial charge on any atom is 0.327 e. The second-order valence-electron chi connectivity index (χ2n) is 4.90. The highest BCUT2D eigenvalue weighted by molar-refractivity contribution is 5.64. The molecule has 1 unspecified atom stereocenters. The van der Waals surface area contributed by atoms with E-state index in [4.69, 9.17) is 5.73 Å². The lowest BCUT2D eigenvalue weighted by Gasteiger charge is -2.34. The third-order valence-electron chi connectivity index (χ3n) is 3.58. The first kappa shape index (κ1) is 13.7. The lowest BCUT2D eigenvalue weighted by atomic mass is 9.94. The molecular weight excluding hydrogens is 249 g/mol. The Kier molecular flexibility index (Phi) is 4.31. The van der Waals surface area contributed by atoms with Crippen LogP contribution in [0.5, 0.6) is 0 Å². The standard InChI is InChI=1S/C13H18FN3O2/c14-11-4-1-5-12(13(11)17(18)19)16-8-2-3-10(9-16)6-7-15/h1,4-5,10H,2-3,6-9,15H2. The van der Waals surface area contributed by atoms with Gasteiger partial charge in [0.1, 0.15) is 5.69 Å². The molecule has 1 aliphatic heterocycles. The van der Waals surface area contributed by atoms with E-state index in [0.717, 1.165) is 31.9 Å². The number of hydrogen-bond acceptors (Lipinski definition) is 4. The van der Waals surface area contributed by atoms with Gasteiger partial charge in [0.15, 0.2) is 0 Å². The Morgan fingerprint density at radius 2 is 2.32 bits per heavy atom. The van der Waals surface area contributed by atoms with Crippen molar-refractivity contribution in [1.82, 2.24) is 0 Å². The van der Waals surface area contributed by atoms with Crippen LogP contribution in [0.2, 0.25) is 0 Å². The second-order valence-corrected chi connectivity index (χ2v) is 4.90. The third kappa shape index (κ3) is 3.01. The topological polar surface area (TPSA) is 72.4 Å². The number of nitrogens with zero attached hydrogens (tertiary/aromatic N) is 2. The Morgan fingerprint density at radius 1 is 1.53 bits per heavy atom. The van der Waals surface area contributed by atoms with Gasteiger partial charge in [-0.2, -0.15) is 4.39 Å². The number of nitro benzene ring substituents is 1. The molecule has 1 aliphatic rings. The first-order chi connectivity index (χ1) is 9.13. The van der Waals surface area contributed by atoms with E-state index in [2.05, 4.69) is 0 Å². The highest BCUT2D eigenvalue weighted by Gasteiger charge is 2.27. The molecule has 1 aromatic carbocycles. The van der Waals surface area contributed by atoms with Gasteiger partial charge in [-0.05, 0) is 43.9 Å². The van der Waals surface area contributed by atoms with Crippen LogP contribution in [-0.2, 0) is 0 Å². The molecule has 0 spiro atoms. The van der Waals surface area contributed by atoms with E-state index < -0.39 is 16.4 Å². The van der Waals surface area contributed by atoms with Crippen molar-refractivity contribution in [3.63, 3.8) is 0 Å². The van der Waals surface area contributed by atoms with Crippen molar-refractivity contribution in [2.24, 2.45) is 11.7 Å². The number of nitrogens with two attached hydrogens (primary N) is 1. The number of rotatable bonds is 4. The predicted octanol–water partition coefficient (Wildman–Crippen LogP) is 2.30. The minimum Gasteiger partial charge on any atom is -0.366 e. The molecule has 6 heteroatoms. The summed E-state index contributed by atoms with van der Waals surface area (Å²) >= 11 is 0. The Bertz CT molecular complexity index is 465. The van der Waals surface area contributed by atoms with Gasteiger partial charge in [0.2, 0.25) is 5.82 Å². The maximum absolute atomic E-state index is 13.6. The summed E-state index contributed by atoms with van der Waals surface area (Å²) in [5, 5.41) is 11.0. The summed E-state index contributed by atoms with van der Waals surface area (Å²) in [6, 6.07) is 4.26. The second kappa shape index (κ2) is 5.97. The Labute approximate surface area is 111 Å². The number of benzene rings is 1. The van der Waals surface area contributed by atoms with E-state index in [0.29, 0.717) is 24.7 Å². The molecule has 0 bridgehead atoms. The molecule has 1 heterocycles. The summed E-state index contributed by atoms with van der Waals surface area (Å²) in [7, 11) is 0. The number of anilines is 1. The fraction of sp³-hybridized carbons (Fsp3) is 0.538. The molecule has 5 nitrogen and oxygen atoms in total. The average molecular weight is 267 g/mol. The number of halogens is 1. The lowest BCUT2D eigenvalue weighted by Crippen LogP contribution is -2.36. The van der Waals surface area contributed by atoms with Gasteiger partial charge in [0.25, 0.3) is 0 Å². The molecule has 1 atom stereocenters. The minimum absolute atomic E-state index is 0.381. The highest BCUT2D eigenvalue weighted by atomic mass is 19.1. The van der Waals surface area contributed by atoms with Crippen LogP contribution in [0.15, 0.2) is 18.2 Å². The molecule has 0 amide bonds. The molecular formula is C13H18FN3O2. The highest BCUT2D eigenvalue weighted by Crippen LogP contribution is 2.33. The number of nitro groups is 1. The quantitative estimate of drug-likeness (QED) is 0.671. The predicted molar refractivity (Wildman–Crippen MR) is 71.7 cm³/mol.